The van der Waals surface area contributed by atoms with Gasteiger partial charge in [-0.3, -0.25) is 0 Å². The van der Waals surface area contributed by atoms with E-state index in [1.165, 1.54) is 66.8 Å². The Balaban J connectivity index is 1.24. The summed E-state index contributed by atoms with van der Waals surface area (Å²) < 4.78 is 15.6. The normalized spacial score (nSPS) is 21.6. The predicted octanol–water partition coefficient (Wildman–Crippen LogP) is 10.4. The average Bonchev–Trinajstić information content (AvgIpc) is 3.01. The molecule has 2 unspecified atom stereocenters. The summed E-state index contributed by atoms with van der Waals surface area (Å²) in [6.07, 6.45) is 1.77. The number of hydrogen-bond acceptors (Lipinski definition) is 2. The van der Waals surface area contributed by atoms with Crippen LogP contribution in [0.15, 0.2) is 152 Å². The molecule has 2 atom stereocenters. The standard InChI is InChI=1S/C38H28Br2O2/c39-33-17-9-7-15-25(33)37-35(23-11-3-1-4-12-23)29-19-27(31(29)21-41-37)28-20-30-32(28)22-42-38(26-16-8-10-18-34(26)40)36(30)24-13-5-2-6-14-24/h1-18,37-38H,19-22H2. The monoisotopic (exact) mass is 674 g/mol. The predicted molar refractivity (Wildman–Crippen MR) is 176 cm³/mol. The Morgan fingerprint density at radius 2 is 0.810 bits per heavy atom. The number of fused-ring (bicyclic) bond motifs is 2. The van der Waals surface area contributed by atoms with Crippen LogP contribution < -0.4 is 0 Å². The topological polar surface area (TPSA) is 18.5 Å². The second kappa shape index (κ2) is 10.8. The third kappa shape index (κ3) is 4.27. The van der Waals surface area contributed by atoms with Gasteiger partial charge < -0.3 is 9.47 Å². The first-order valence-corrected chi connectivity index (χ1v) is 16.0. The van der Waals surface area contributed by atoms with Crippen molar-refractivity contribution >= 4 is 43.0 Å². The van der Waals surface area contributed by atoms with E-state index in [-0.39, 0.29) is 12.2 Å². The van der Waals surface area contributed by atoms with Gasteiger partial charge >= 0.3 is 0 Å². The van der Waals surface area contributed by atoms with Gasteiger partial charge in [-0.25, -0.2) is 0 Å². The molecule has 0 saturated carbocycles. The van der Waals surface area contributed by atoms with Crippen LogP contribution in [0.3, 0.4) is 0 Å². The highest BCUT2D eigenvalue weighted by Gasteiger charge is 2.43. The second-order valence-corrected chi connectivity index (χ2v) is 12.9. The third-order valence-electron chi connectivity index (χ3n) is 9.04. The van der Waals surface area contributed by atoms with E-state index in [2.05, 4.69) is 141 Å². The van der Waals surface area contributed by atoms with Gasteiger partial charge in [0.15, 0.2) is 0 Å². The summed E-state index contributed by atoms with van der Waals surface area (Å²) in [5, 5.41) is 0. The largest absolute Gasteiger partial charge is 0.364 e. The number of benzene rings is 4. The lowest BCUT2D eigenvalue weighted by atomic mass is 9.65. The lowest BCUT2D eigenvalue weighted by molar-refractivity contribution is 0.0997. The van der Waals surface area contributed by atoms with Gasteiger partial charge in [0.2, 0.25) is 0 Å². The fourth-order valence-electron chi connectivity index (χ4n) is 6.94. The van der Waals surface area contributed by atoms with Gasteiger partial charge in [-0.15, -0.1) is 0 Å². The highest BCUT2D eigenvalue weighted by molar-refractivity contribution is 9.10. The highest BCUT2D eigenvalue weighted by Crippen LogP contribution is 2.58. The van der Waals surface area contributed by atoms with E-state index in [0.717, 1.165) is 21.8 Å². The molecule has 2 heterocycles. The number of halogens is 2. The van der Waals surface area contributed by atoms with E-state index < -0.39 is 0 Å². The number of hydrogen-bond donors (Lipinski definition) is 0. The minimum Gasteiger partial charge on any atom is -0.364 e. The van der Waals surface area contributed by atoms with Crippen LogP contribution >= 0.6 is 31.9 Å². The zero-order valence-corrected chi connectivity index (χ0v) is 26.1. The smallest absolute Gasteiger partial charge is 0.110 e. The van der Waals surface area contributed by atoms with Crippen LogP contribution in [0.4, 0.5) is 0 Å². The van der Waals surface area contributed by atoms with E-state index in [4.69, 9.17) is 9.47 Å². The quantitative estimate of drug-likeness (QED) is 0.210. The molecule has 0 fully saturated rings. The molecule has 0 spiro atoms. The molecule has 42 heavy (non-hydrogen) atoms. The van der Waals surface area contributed by atoms with Crippen molar-refractivity contribution in [2.24, 2.45) is 0 Å². The molecule has 4 heteroatoms. The van der Waals surface area contributed by atoms with E-state index in [1.807, 2.05) is 0 Å². The van der Waals surface area contributed by atoms with Crippen molar-refractivity contribution in [3.05, 3.63) is 174 Å². The number of rotatable bonds is 5. The summed E-state index contributed by atoms with van der Waals surface area (Å²) in [4.78, 5) is 0. The number of allylic oxidation sites excluding steroid dienone is 2. The van der Waals surface area contributed by atoms with Crippen molar-refractivity contribution in [1.82, 2.24) is 0 Å². The van der Waals surface area contributed by atoms with Gasteiger partial charge in [0.25, 0.3) is 0 Å². The molecule has 4 aromatic rings. The van der Waals surface area contributed by atoms with Crippen LogP contribution in [-0.4, -0.2) is 13.2 Å². The van der Waals surface area contributed by atoms with Gasteiger partial charge in [-0.2, -0.15) is 0 Å². The summed E-state index contributed by atoms with van der Waals surface area (Å²) in [5.74, 6) is 0. The van der Waals surface area contributed by atoms with Crippen molar-refractivity contribution in [2.75, 3.05) is 13.2 Å². The van der Waals surface area contributed by atoms with Gasteiger partial charge in [-0.05, 0) is 91.8 Å². The van der Waals surface area contributed by atoms with Crippen molar-refractivity contribution in [2.45, 2.75) is 25.0 Å². The molecule has 4 aromatic carbocycles. The van der Waals surface area contributed by atoms with Gasteiger partial charge in [0.1, 0.15) is 12.2 Å². The Kier molecular flexibility index (Phi) is 6.76. The maximum Gasteiger partial charge on any atom is 0.110 e. The molecular formula is C38H28Br2O2. The molecule has 0 N–H and O–H groups in total. The first-order chi connectivity index (χ1) is 20.7. The minimum absolute atomic E-state index is 0.0921. The molecule has 0 amide bonds. The Labute approximate surface area is 263 Å². The van der Waals surface area contributed by atoms with Crippen LogP contribution in [-0.2, 0) is 9.47 Å². The summed E-state index contributed by atoms with van der Waals surface area (Å²) in [6.45, 7) is 1.27. The zero-order valence-electron chi connectivity index (χ0n) is 22.9. The Hall–Kier alpha value is -3.28. The van der Waals surface area contributed by atoms with Gasteiger partial charge in [0, 0.05) is 8.95 Å². The third-order valence-corrected chi connectivity index (χ3v) is 10.5. The lowest BCUT2D eigenvalue weighted by Crippen LogP contribution is -2.31. The zero-order chi connectivity index (χ0) is 28.2. The molecule has 206 valence electrons. The molecule has 2 aliphatic carbocycles. The van der Waals surface area contributed by atoms with E-state index >= 15 is 0 Å². The van der Waals surface area contributed by atoms with E-state index in [9.17, 15) is 0 Å². The SMILES string of the molecule is Brc1ccccc1C1OCC2=C(C3=C4COC(c5ccccc5Br)C(c5ccccc5)=C4C3)CC2=C1c1ccccc1. The lowest BCUT2D eigenvalue weighted by Gasteiger charge is -2.44. The fraction of sp³-hybridized carbons (Fsp3) is 0.158. The molecule has 0 bridgehead atoms. The molecular weight excluding hydrogens is 648 g/mol. The minimum atomic E-state index is -0.0921. The first-order valence-electron chi connectivity index (χ1n) is 14.4. The average molecular weight is 676 g/mol. The van der Waals surface area contributed by atoms with Crippen LogP contribution in [0, 0.1) is 0 Å². The van der Waals surface area contributed by atoms with Crippen LogP contribution in [0.2, 0.25) is 0 Å². The molecule has 4 aliphatic rings. The Bertz CT molecular complexity index is 1710. The fourth-order valence-corrected chi connectivity index (χ4v) is 7.93. The summed E-state index contributed by atoms with van der Waals surface area (Å²) in [6, 6.07) is 38.4. The molecule has 2 aliphatic heterocycles. The number of ether oxygens (including phenoxy) is 2. The van der Waals surface area contributed by atoms with Gasteiger partial charge in [0.05, 0.1) is 13.2 Å². The second-order valence-electron chi connectivity index (χ2n) is 11.2. The summed E-state index contributed by atoms with van der Waals surface area (Å²) in [5.41, 5.74) is 16.0. The van der Waals surface area contributed by atoms with Crippen molar-refractivity contribution in [3.8, 4) is 0 Å². The molecule has 0 radical (unpaired) electrons. The van der Waals surface area contributed by atoms with E-state index in [1.54, 1.807) is 0 Å². The van der Waals surface area contributed by atoms with E-state index in [0.29, 0.717) is 13.2 Å². The Morgan fingerprint density at radius 1 is 0.429 bits per heavy atom. The maximum absolute atomic E-state index is 6.69. The van der Waals surface area contributed by atoms with Crippen molar-refractivity contribution < 1.29 is 9.47 Å². The van der Waals surface area contributed by atoms with Crippen molar-refractivity contribution in [1.29, 1.82) is 0 Å². The molecule has 8 rings (SSSR count). The summed E-state index contributed by atoms with van der Waals surface area (Å²) in [7, 11) is 0. The van der Waals surface area contributed by atoms with Crippen LogP contribution in [0.25, 0.3) is 11.1 Å². The van der Waals surface area contributed by atoms with Gasteiger partial charge in [-0.1, -0.05) is 129 Å². The maximum atomic E-state index is 6.69. The molecule has 0 saturated heterocycles. The highest BCUT2D eigenvalue weighted by atomic mass is 79.9. The van der Waals surface area contributed by atoms with Crippen LogP contribution in [0.1, 0.15) is 47.3 Å². The molecule has 0 aromatic heterocycles. The van der Waals surface area contributed by atoms with Crippen molar-refractivity contribution in [3.63, 3.8) is 0 Å². The molecule has 2 nitrogen and oxygen atoms in total. The van der Waals surface area contributed by atoms with Crippen LogP contribution in [0.5, 0.6) is 0 Å². The Morgan fingerprint density at radius 3 is 1.21 bits per heavy atom. The summed E-state index contributed by atoms with van der Waals surface area (Å²) >= 11 is 7.57. The first kappa shape index (κ1) is 26.4.